The Morgan fingerprint density at radius 1 is 1.53 bits per heavy atom. The average molecular weight is 299 g/mol. The number of carboxylic acids is 1. The minimum atomic E-state index is -0.748. The lowest BCUT2D eigenvalue weighted by atomic mass is 9.90. The van der Waals surface area contributed by atoms with Gasteiger partial charge < -0.3 is 9.84 Å². The van der Waals surface area contributed by atoms with Crippen LogP contribution in [0.15, 0.2) is 16.6 Å². The molecule has 4 heteroatoms. The molecule has 0 bridgehead atoms. The van der Waals surface area contributed by atoms with E-state index in [1.807, 2.05) is 19.1 Å². The number of rotatable bonds is 4. The van der Waals surface area contributed by atoms with Crippen LogP contribution in [0.4, 0.5) is 0 Å². The number of aliphatic carboxylic acids is 1. The summed E-state index contributed by atoms with van der Waals surface area (Å²) in [6.07, 6.45) is 2.02. The molecule has 0 aromatic heterocycles. The average Bonchev–Trinajstić information content (AvgIpc) is 2.96. The van der Waals surface area contributed by atoms with E-state index < -0.39 is 5.97 Å². The molecular weight excluding hydrogens is 284 g/mol. The van der Waals surface area contributed by atoms with Crippen LogP contribution >= 0.6 is 15.9 Å². The summed E-state index contributed by atoms with van der Waals surface area (Å²) in [5.74, 6) is 0.0246. The van der Waals surface area contributed by atoms with Crippen LogP contribution in [0, 0.1) is 6.92 Å². The molecule has 0 aliphatic heterocycles. The third-order valence-corrected chi connectivity index (χ3v) is 3.90. The van der Waals surface area contributed by atoms with Crippen molar-refractivity contribution >= 4 is 21.9 Å². The SMILES string of the molecule is COc1c(Br)cc(C)cc1C1(CC(=O)O)CC1. The molecule has 1 aliphatic carbocycles. The quantitative estimate of drug-likeness (QED) is 0.928. The highest BCUT2D eigenvalue weighted by molar-refractivity contribution is 9.10. The fourth-order valence-corrected chi connectivity index (χ4v) is 3.05. The first-order valence-electron chi connectivity index (χ1n) is 5.55. The zero-order valence-corrected chi connectivity index (χ0v) is 11.5. The van der Waals surface area contributed by atoms with E-state index in [2.05, 4.69) is 15.9 Å². The molecule has 0 spiro atoms. The molecule has 1 aromatic rings. The van der Waals surface area contributed by atoms with Crippen molar-refractivity contribution in [3.05, 3.63) is 27.7 Å². The van der Waals surface area contributed by atoms with Crippen molar-refractivity contribution in [1.82, 2.24) is 0 Å². The maximum absolute atomic E-state index is 10.9. The Bertz CT molecular complexity index is 464. The molecular formula is C13H15BrO3. The Morgan fingerprint density at radius 3 is 2.65 bits per heavy atom. The molecule has 1 saturated carbocycles. The highest BCUT2D eigenvalue weighted by atomic mass is 79.9. The number of carboxylic acid groups (broad SMARTS) is 1. The van der Waals surface area contributed by atoms with E-state index >= 15 is 0 Å². The summed E-state index contributed by atoms with van der Waals surface area (Å²) in [4.78, 5) is 10.9. The van der Waals surface area contributed by atoms with Gasteiger partial charge in [-0.1, -0.05) is 6.07 Å². The largest absolute Gasteiger partial charge is 0.495 e. The monoisotopic (exact) mass is 298 g/mol. The van der Waals surface area contributed by atoms with Gasteiger partial charge in [0.1, 0.15) is 5.75 Å². The first-order chi connectivity index (χ1) is 7.98. The Labute approximate surface area is 109 Å². The van der Waals surface area contributed by atoms with Gasteiger partial charge in [-0.2, -0.15) is 0 Å². The number of hydrogen-bond acceptors (Lipinski definition) is 2. The Kier molecular flexibility index (Phi) is 3.17. The summed E-state index contributed by atoms with van der Waals surface area (Å²) in [6.45, 7) is 2.00. The second-order valence-corrected chi connectivity index (χ2v) is 5.53. The molecule has 2 rings (SSSR count). The van der Waals surface area contributed by atoms with Crippen LogP contribution in [0.2, 0.25) is 0 Å². The van der Waals surface area contributed by atoms with Gasteiger partial charge >= 0.3 is 5.97 Å². The van der Waals surface area contributed by atoms with Crippen molar-refractivity contribution in [1.29, 1.82) is 0 Å². The summed E-state index contributed by atoms with van der Waals surface area (Å²) >= 11 is 3.47. The van der Waals surface area contributed by atoms with Crippen molar-refractivity contribution in [3.8, 4) is 5.75 Å². The summed E-state index contributed by atoms with van der Waals surface area (Å²) in [5.41, 5.74) is 1.92. The van der Waals surface area contributed by atoms with Gasteiger partial charge in [-0.25, -0.2) is 0 Å². The van der Waals surface area contributed by atoms with E-state index in [0.29, 0.717) is 0 Å². The summed E-state index contributed by atoms with van der Waals surface area (Å²) < 4.78 is 6.29. The van der Waals surface area contributed by atoms with Crippen LogP contribution in [0.25, 0.3) is 0 Å². The minimum Gasteiger partial charge on any atom is -0.495 e. The number of hydrogen-bond donors (Lipinski definition) is 1. The van der Waals surface area contributed by atoms with E-state index in [1.54, 1.807) is 7.11 Å². The minimum absolute atomic E-state index is 0.180. The first-order valence-corrected chi connectivity index (χ1v) is 6.34. The third kappa shape index (κ3) is 2.32. The molecule has 1 aliphatic rings. The molecule has 1 fully saturated rings. The van der Waals surface area contributed by atoms with Crippen LogP contribution in [-0.4, -0.2) is 18.2 Å². The van der Waals surface area contributed by atoms with E-state index in [0.717, 1.165) is 34.2 Å². The van der Waals surface area contributed by atoms with Gasteiger partial charge in [0.25, 0.3) is 0 Å². The molecule has 0 atom stereocenters. The van der Waals surface area contributed by atoms with E-state index in [1.165, 1.54) is 0 Å². The molecule has 0 unspecified atom stereocenters. The fourth-order valence-electron chi connectivity index (χ4n) is 2.31. The van der Waals surface area contributed by atoms with Crippen LogP contribution < -0.4 is 4.74 Å². The van der Waals surface area contributed by atoms with Crippen molar-refractivity contribution in [2.24, 2.45) is 0 Å². The van der Waals surface area contributed by atoms with Gasteiger partial charge in [0.2, 0.25) is 0 Å². The highest BCUT2D eigenvalue weighted by Gasteiger charge is 2.48. The van der Waals surface area contributed by atoms with Gasteiger partial charge in [-0.05, 0) is 47.3 Å². The van der Waals surface area contributed by atoms with E-state index in [4.69, 9.17) is 9.84 Å². The lowest BCUT2D eigenvalue weighted by molar-refractivity contribution is -0.137. The van der Waals surface area contributed by atoms with Gasteiger partial charge in [-0.15, -0.1) is 0 Å². The Balaban J connectivity index is 2.47. The number of benzene rings is 1. The topological polar surface area (TPSA) is 46.5 Å². The van der Waals surface area contributed by atoms with Crippen LogP contribution in [0.5, 0.6) is 5.75 Å². The molecule has 0 amide bonds. The standard InChI is InChI=1S/C13H15BrO3/c1-8-5-9(12(17-2)10(14)6-8)13(3-4-13)7-11(15)16/h5-6H,3-4,7H2,1-2H3,(H,15,16). The Morgan fingerprint density at radius 2 is 2.18 bits per heavy atom. The van der Waals surface area contributed by atoms with Crippen molar-refractivity contribution < 1.29 is 14.6 Å². The smallest absolute Gasteiger partial charge is 0.304 e. The molecule has 92 valence electrons. The highest BCUT2D eigenvalue weighted by Crippen LogP contribution is 2.55. The fraction of sp³-hybridized carbons (Fsp3) is 0.462. The predicted molar refractivity (Wildman–Crippen MR) is 68.6 cm³/mol. The number of ether oxygens (including phenoxy) is 1. The molecule has 1 aromatic carbocycles. The van der Waals surface area contributed by atoms with Gasteiger partial charge in [0.05, 0.1) is 18.0 Å². The summed E-state index contributed by atoms with van der Waals surface area (Å²) in [5, 5.41) is 9.00. The molecule has 0 heterocycles. The van der Waals surface area contributed by atoms with Crippen molar-refractivity contribution in [2.75, 3.05) is 7.11 Å². The first kappa shape index (κ1) is 12.4. The van der Waals surface area contributed by atoms with Gasteiger partial charge in [-0.3, -0.25) is 4.79 Å². The van der Waals surface area contributed by atoms with Crippen LogP contribution in [-0.2, 0) is 10.2 Å². The lowest BCUT2D eigenvalue weighted by Gasteiger charge is -2.19. The second kappa shape index (κ2) is 4.33. The number of carbonyl (C=O) groups is 1. The molecule has 0 radical (unpaired) electrons. The van der Waals surface area contributed by atoms with Crippen LogP contribution in [0.3, 0.4) is 0 Å². The molecule has 1 N–H and O–H groups in total. The zero-order chi connectivity index (χ0) is 12.6. The lowest BCUT2D eigenvalue weighted by Crippen LogP contribution is -2.14. The number of methoxy groups -OCH3 is 1. The third-order valence-electron chi connectivity index (χ3n) is 3.31. The van der Waals surface area contributed by atoms with Crippen LogP contribution in [0.1, 0.15) is 30.4 Å². The van der Waals surface area contributed by atoms with Crippen molar-refractivity contribution in [2.45, 2.75) is 31.6 Å². The molecule has 0 saturated heterocycles. The normalized spacial score (nSPS) is 16.6. The predicted octanol–water partition coefficient (Wildman–Crippen LogP) is 3.27. The van der Waals surface area contributed by atoms with E-state index in [-0.39, 0.29) is 11.8 Å². The number of aryl methyl sites for hydroxylation is 1. The Hall–Kier alpha value is -1.03. The van der Waals surface area contributed by atoms with E-state index in [9.17, 15) is 4.79 Å². The van der Waals surface area contributed by atoms with Gasteiger partial charge in [0, 0.05) is 11.0 Å². The summed E-state index contributed by atoms with van der Waals surface area (Å²) in [7, 11) is 1.62. The molecule has 3 nitrogen and oxygen atoms in total. The molecule has 17 heavy (non-hydrogen) atoms. The maximum Gasteiger partial charge on any atom is 0.304 e. The summed E-state index contributed by atoms with van der Waals surface area (Å²) in [6, 6.07) is 4.03. The van der Waals surface area contributed by atoms with Gasteiger partial charge in [0.15, 0.2) is 0 Å². The maximum atomic E-state index is 10.9. The second-order valence-electron chi connectivity index (χ2n) is 4.68. The zero-order valence-electron chi connectivity index (χ0n) is 9.92. The number of halogens is 1. The van der Waals surface area contributed by atoms with Crippen molar-refractivity contribution in [3.63, 3.8) is 0 Å².